The van der Waals surface area contributed by atoms with Crippen LogP contribution in [0.2, 0.25) is 0 Å². The van der Waals surface area contributed by atoms with Crippen LogP contribution in [0, 0.1) is 12.7 Å². The van der Waals surface area contributed by atoms with Gasteiger partial charge >= 0.3 is 0 Å². The Kier molecular flexibility index (Phi) is 4.92. The van der Waals surface area contributed by atoms with Gasteiger partial charge in [-0.25, -0.2) is 9.07 Å². The molecule has 0 saturated heterocycles. The van der Waals surface area contributed by atoms with Crippen molar-refractivity contribution >= 4 is 16.8 Å². The fourth-order valence-electron chi connectivity index (χ4n) is 3.80. The Morgan fingerprint density at radius 1 is 1.17 bits per heavy atom. The predicted molar refractivity (Wildman–Crippen MR) is 111 cm³/mol. The Balaban J connectivity index is 1.50. The molecule has 0 radical (unpaired) electrons. The van der Waals surface area contributed by atoms with Gasteiger partial charge < -0.3 is 9.88 Å². The molecule has 0 spiro atoms. The highest BCUT2D eigenvalue weighted by molar-refractivity contribution is 5.89. The van der Waals surface area contributed by atoms with Crippen LogP contribution in [0.15, 0.2) is 60.9 Å². The number of carbonyl (C=O) groups is 1. The summed E-state index contributed by atoms with van der Waals surface area (Å²) in [5.74, 6) is -0.323. The van der Waals surface area contributed by atoms with Crippen LogP contribution in [-0.4, -0.2) is 20.3 Å². The number of benzene rings is 2. The predicted octanol–water partition coefficient (Wildman–Crippen LogP) is 4.23. The molecule has 2 heterocycles. The molecule has 0 fully saturated rings. The molecule has 4 rings (SSSR count). The minimum Gasteiger partial charge on any atom is -0.350 e. The molecule has 1 atom stereocenters. The van der Waals surface area contributed by atoms with E-state index in [9.17, 15) is 9.18 Å². The Labute approximate surface area is 168 Å². The van der Waals surface area contributed by atoms with Crippen molar-refractivity contribution < 1.29 is 9.18 Å². The third kappa shape index (κ3) is 3.66. The molecular formula is C23H23FN4O. The molecule has 0 aliphatic rings. The number of aryl methyl sites for hydroxylation is 1. The number of fused-ring (bicyclic) bond motifs is 1. The van der Waals surface area contributed by atoms with Gasteiger partial charge in [-0.1, -0.05) is 18.2 Å². The lowest BCUT2D eigenvalue weighted by Crippen LogP contribution is -2.28. The van der Waals surface area contributed by atoms with Crippen LogP contribution < -0.4 is 5.32 Å². The molecule has 0 aliphatic heterocycles. The van der Waals surface area contributed by atoms with Gasteiger partial charge in [-0.05, 0) is 49.7 Å². The number of amides is 1. The highest BCUT2D eigenvalue weighted by Gasteiger charge is 2.18. The lowest BCUT2D eigenvalue weighted by Gasteiger charge is -2.14. The molecule has 148 valence electrons. The largest absolute Gasteiger partial charge is 0.350 e. The second-order valence-corrected chi connectivity index (χ2v) is 7.32. The van der Waals surface area contributed by atoms with Crippen molar-refractivity contribution in [2.75, 3.05) is 0 Å². The van der Waals surface area contributed by atoms with Gasteiger partial charge in [0.15, 0.2) is 0 Å². The summed E-state index contributed by atoms with van der Waals surface area (Å²) in [4.78, 5) is 12.7. The fraction of sp³-hybridized carbons (Fsp3) is 0.217. The van der Waals surface area contributed by atoms with Crippen molar-refractivity contribution in [3.63, 3.8) is 0 Å². The Bertz CT molecular complexity index is 1170. The van der Waals surface area contributed by atoms with Crippen LogP contribution in [0.4, 0.5) is 4.39 Å². The maximum Gasteiger partial charge on any atom is 0.224 e. The van der Waals surface area contributed by atoms with E-state index < -0.39 is 0 Å². The molecule has 5 nitrogen and oxygen atoms in total. The van der Waals surface area contributed by atoms with Gasteiger partial charge in [-0.15, -0.1) is 0 Å². The SMILES string of the molecule is Cc1c(C(C)NC(=O)Cc2cn(C)c3ccccc23)cnn1-c1ccc(F)cc1. The first-order chi connectivity index (χ1) is 13.9. The number of nitrogens with zero attached hydrogens (tertiary/aromatic N) is 3. The summed E-state index contributed by atoms with van der Waals surface area (Å²) in [6.45, 7) is 3.89. The molecule has 0 bridgehead atoms. The van der Waals surface area contributed by atoms with E-state index in [2.05, 4.69) is 10.4 Å². The van der Waals surface area contributed by atoms with Crippen molar-refractivity contribution in [1.82, 2.24) is 19.7 Å². The lowest BCUT2D eigenvalue weighted by atomic mass is 10.1. The molecule has 1 unspecified atom stereocenters. The van der Waals surface area contributed by atoms with Gasteiger partial charge in [0.1, 0.15) is 5.82 Å². The van der Waals surface area contributed by atoms with Gasteiger partial charge in [0.25, 0.3) is 0 Å². The number of rotatable bonds is 5. The van der Waals surface area contributed by atoms with Crippen LogP contribution in [0.5, 0.6) is 0 Å². The highest BCUT2D eigenvalue weighted by atomic mass is 19.1. The molecule has 1 N–H and O–H groups in total. The second-order valence-electron chi connectivity index (χ2n) is 7.32. The summed E-state index contributed by atoms with van der Waals surface area (Å²) in [6, 6.07) is 14.1. The quantitative estimate of drug-likeness (QED) is 0.554. The first-order valence-electron chi connectivity index (χ1n) is 9.57. The van der Waals surface area contributed by atoms with Crippen LogP contribution in [0.1, 0.15) is 29.8 Å². The summed E-state index contributed by atoms with van der Waals surface area (Å²) in [6.07, 6.45) is 4.07. The van der Waals surface area contributed by atoms with Crippen LogP contribution in [0.25, 0.3) is 16.6 Å². The van der Waals surface area contributed by atoms with Crippen LogP contribution >= 0.6 is 0 Å². The molecule has 29 heavy (non-hydrogen) atoms. The number of para-hydroxylation sites is 1. The van der Waals surface area contributed by atoms with Gasteiger partial charge in [0.2, 0.25) is 5.91 Å². The summed E-state index contributed by atoms with van der Waals surface area (Å²) >= 11 is 0. The molecular weight excluding hydrogens is 367 g/mol. The van der Waals surface area contributed by atoms with Crippen LogP contribution in [-0.2, 0) is 18.3 Å². The summed E-state index contributed by atoms with van der Waals surface area (Å²) in [5.41, 5.74) is 4.74. The summed E-state index contributed by atoms with van der Waals surface area (Å²) < 4.78 is 17.0. The van der Waals surface area contributed by atoms with Gasteiger partial charge in [0.05, 0.1) is 24.3 Å². The summed E-state index contributed by atoms with van der Waals surface area (Å²) in [7, 11) is 1.99. The molecule has 1 amide bonds. The molecule has 2 aromatic heterocycles. The third-order valence-corrected chi connectivity index (χ3v) is 5.29. The molecule has 4 aromatic rings. The van der Waals surface area contributed by atoms with Gasteiger partial charge in [-0.2, -0.15) is 5.10 Å². The second kappa shape index (κ2) is 7.54. The number of carbonyl (C=O) groups excluding carboxylic acids is 1. The Hall–Kier alpha value is -3.41. The van der Waals surface area contributed by atoms with Crippen molar-refractivity contribution in [3.8, 4) is 5.69 Å². The average Bonchev–Trinajstić information content (AvgIpc) is 3.23. The minimum atomic E-state index is -0.284. The third-order valence-electron chi connectivity index (χ3n) is 5.29. The average molecular weight is 390 g/mol. The maximum absolute atomic E-state index is 13.2. The smallest absolute Gasteiger partial charge is 0.224 e. The Morgan fingerprint density at radius 3 is 2.66 bits per heavy atom. The van der Waals surface area contributed by atoms with E-state index in [4.69, 9.17) is 0 Å². The minimum absolute atomic E-state index is 0.0391. The van der Waals surface area contributed by atoms with E-state index in [0.29, 0.717) is 6.42 Å². The standard InChI is InChI=1S/C23H23FN4O/c1-15(21-13-25-28(16(21)2)19-10-8-18(24)9-11-19)26-23(29)12-17-14-27(3)22-7-5-4-6-20(17)22/h4-11,13-15H,12H2,1-3H3,(H,26,29). The molecule has 0 saturated carbocycles. The molecule has 2 aromatic carbocycles. The Morgan fingerprint density at radius 2 is 1.90 bits per heavy atom. The molecule has 0 aliphatic carbocycles. The van der Waals surface area contributed by atoms with Crippen molar-refractivity contribution in [2.45, 2.75) is 26.3 Å². The normalized spacial score (nSPS) is 12.3. The number of halogens is 1. The monoisotopic (exact) mass is 390 g/mol. The zero-order chi connectivity index (χ0) is 20.5. The number of aromatic nitrogens is 3. The van der Waals surface area contributed by atoms with Crippen molar-refractivity contribution in [2.24, 2.45) is 7.05 Å². The first kappa shape index (κ1) is 18.9. The highest BCUT2D eigenvalue weighted by Crippen LogP contribution is 2.23. The fourth-order valence-corrected chi connectivity index (χ4v) is 3.80. The van der Waals surface area contributed by atoms with Crippen LogP contribution in [0.3, 0.4) is 0 Å². The van der Waals surface area contributed by atoms with E-state index in [0.717, 1.165) is 33.4 Å². The van der Waals surface area contributed by atoms with Crippen molar-refractivity contribution in [3.05, 3.63) is 83.6 Å². The maximum atomic E-state index is 13.2. The number of hydrogen-bond donors (Lipinski definition) is 1. The lowest BCUT2D eigenvalue weighted by molar-refractivity contribution is -0.121. The van der Waals surface area contributed by atoms with E-state index >= 15 is 0 Å². The van der Waals surface area contributed by atoms with Gasteiger partial charge in [-0.3, -0.25) is 4.79 Å². The topological polar surface area (TPSA) is 51.9 Å². The number of nitrogens with one attached hydrogen (secondary N) is 1. The van der Waals surface area contributed by atoms with Gasteiger partial charge in [0, 0.05) is 35.4 Å². The number of hydrogen-bond acceptors (Lipinski definition) is 2. The molecule has 6 heteroatoms. The van der Waals surface area contributed by atoms with Crippen molar-refractivity contribution in [1.29, 1.82) is 0 Å². The zero-order valence-corrected chi connectivity index (χ0v) is 16.7. The zero-order valence-electron chi connectivity index (χ0n) is 16.7. The van der Waals surface area contributed by atoms with E-state index in [1.54, 1.807) is 23.0 Å². The van der Waals surface area contributed by atoms with E-state index in [-0.39, 0.29) is 17.8 Å². The first-order valence-corrected chi connectivity index (χ1v) is 9.57. The van der Waals surface area contributed by atoms with E-state index in [1.165, 1.54) is 12.1 Å². The summed E-state index contributed by atoms with van der Waals surface area (Å²) in [5, 5.41) is 8.58. The van der Waals surface area contributed by atoms with E-state index in [1.807, 2.05) is 55.9 Å².